The van der Waals surface area contributed by atoms with Gasteiger partial charge in [0, 0.05) is 28.1 Å². The van der Waals surface area contributed by atoms with Crippen molar-refractivity contribution in [1.82, 2.24) is 0 Å². The number of rotatable bonds is 2. The quantitative estimate of drug-likeness (QED) is 0.576. The molecule has 0 N–H and O–H groups in total. The molecule has 1 amide bonds. The van der Waals surface area contributed by atoms with Crippen LogP contribution in [0.15, 0.2) is 16.6 Å². The highest BCUT2D eigenvalue weighted by Crippen LogP contribution is 2.35. The van der Waals surface area contributed by atoms with Gasteiger partial charge in [-0.3, -0.25) is 4.79 Å². The van der Waals surface area contributed by atoms with Crippen LogP contribution in [0.2, 0.25) is 5.02 Å². The first-order valence-corrected chi connectivity index (χ1v) is 8.63. The van der Waals surface area contributed by atoms with Gasteiger partial charge in [-0.2, -0.15) is 0 Å². The lowest BCUT2D eigenvalue weighted by molar-refractivity contribution is -0.117. The second kappa shape index (κ2) is 5.20. The molecule has 0 aliphatic carbocycles. The van der Waals surface area contributed by atoms with Gasteiger partial charge in [0.15, 0.2) is 5.82 Å². The zero-order valence-electron chi connectivity index (χ0n) is 9.24. The molecule has 4 nitrogen and oxygen atoms in total. The molecule has 0 aromatic heterocycles. The van der Waals surface area contributed by atoms with Crippen LogP contribution in [0.5, 0.6) is 0 Å². The molecule has 2 rings (SSSR count). The lowest BCUT2D eigenvalue weighted by Crippen LogP contribution is -2.27. The highest BCUT2D eigenvalue weighted by atomic mass is 79.9. The topological polar surface area (TPSA) is 54.5 Å². The minimum absolute atomic E-state index is 0.0546. The molecule has 1 aromatic rings. The third-order valence-electron chi connectivity index (χ3n) is 2.79. The summed E-state index contributed by atoms with van der Waals surface area (Å²) in [5.74, 6) is -1.29. The Bertz CT molecular complexity index is 652. The summed E-state index contributed by atoms with van der Waals surface area (Å²) in [5.41, 5.74) is -0.0546. The molecule has 0 radical (unpaired) electrons. The molecule has 1 aliphatic rings. The zero-order valence-corrected chi connectivity index (χ0v) is 13.2. The number of hydrogen-bond acceptors (Lipinski definition) is 3. The Morgan fingerprint density at radius 1 is 1.42 bits per heavy atom. The van der Waals surface area contributed by atoms with Gasteiger partial charge >= 0.3 is 0 Å². The minimum Gasteiger partial charge on any atom is -0.308 e. The van der Waals surface area contributed by atoms with E-state index < -0.39 is 26.0 Å². The summed E-state index contributed by atoms with van der Waals surface area (Å²) < 4.78 is 36.8. The van der Waals surface area contributed by atoms with Gasteiger partial charge in [0.1, 0.15) is 5.25 Å². The molecular weight excluding hydrogens is 384 g/mol. The van der Waals surface area contributed by atoms with Crippen LogP contribution in [0.3, 0.4) is 0 Å². The van der Waals surface area contributed by atoms with Crippen molar-refractivity contribution in [3.05, 3.63) is 27.4 Å². The molecule has 0 saturated carbocycles. The Labute approximate surface area is 127 Å². The van der Waals surface area contributed by atoms with Crippen LogP contribution in [0.4, 0.5) is 10.1 Å². The molecule has 1 atom stereocenters. The lowest BCUT2D eigenvalue weighted by Gasteiger charge is -2.17. The monoisotopic (exact) mass is 389 g/mol. The normalized spacial score (nSPS) is 20.1. The molecular formula is C10H7BrCl2FNO3S. The summed E-state index contributed by atoms with van der Waals surface area (Å²) in [4.78, 5) is 12.8. The number of amides is 1. The first-order valence-electron chi connectivity index (χ1n) is 5.09. The minimum atomic E-state index is -3.86. The zero-order chi connectivity index (χ0) is 14.4. The first-order chi connectivity index (χ1) is 8.71. The predicted molar refractivity (Wildman–Crippen MR) is 74.6 cm³/mol. The second-order valence-electron chi connectivity index (χ2n) is 4.00. The summed E-state index contributed by atoms with van der Waals surface area (Å²) in [6.07, 6.45) is -0.265. The molecule has 1 unspecified atom stereocenters. The van der Waals surface area contributed by atoms with E-state index in [1.54, 1.807) is 0 Å². The van der Waals surface area contributed by atoms with Gasteiger partial charge in [-0.05, 0) is 28.1 Å². The largest absolute Gasteiger partial charge is 0.308 e. The van der Waals surface area contributed by atoms with Gasteiger partial charge in [0.05, 0.1) is 10.7 Å². The third-order valence-corrected chi connectivity index (χ3v) is 5.92. The Balaban J connectivity index is 2.39. The van der Waals surface area contributed by atoms with E-state index in [9.17, 15) is 17.6 Å². The molecule has 1 saturated heterocycles. The van der Waals surface area contributed by atoms with E-state index in [4.69, 9.17) is 22.3 Å². The average Bonchev–Trinajstić information content (AvgIpc) is 2.68. The summed E-state index contributed by atoms with van der Waals surface area (Å²) in [7, 11) is 1.36. The summed E-state index contributed by atoms with van der Waals surface area (Å²) in [6.45, 7) is -0.181. The van der Waals surface area contributed by atoms with E-state index in [0.717, 1.165) is 4.90 Å². The van der Waals surface area contributed by atoms with Crippen molar-refractivity contribution in [2.24, 2.45) is 0 Å². The summed E-state index contributed by atoms with van der Waals surface area (Å²) in [6, 6.07) is 2.84. The fourth-order valence-electron chi connectivity index (χ4n) is 1.82. The highest BCUT2D eigenvalue weighted by Gasteiger charge is 2.39. The van der Waals surface area contributed by atoms with Crippen LogP contribution in [0, 0.1) is 5.82 Å². The van der Waals surface area contributed by atoms with Crippen molar-refractivity contribution < 1.29 is 17.6 Å². The maximum absolute atomic E-state index is 14.0. The molecule has 104 valence electrons. The fourth-order valence-corrected chi connectivity index (χ4v) is 3.31. The Kier molecular flexibility index (Phi) is 4.11. The number of carbonyl (C=O) groups is 1. The third kappa shape index (κ3) is 2.89. The predicted octanol–water partition coefficient (Wildman–Crippen LogP) is 2.92. The van der Waals surface area contributed by atoms with Gasteiger partial charge < -0.3 is 4.90 Å². The van der Waals surface area contributed by atoms with Gasteiger partial charge in [0.25, 0.3) is 0 Å². The van der Waals surface area contributed by atoms with Crippen molar-refractivity contribution in [3.8, 4) is 0 Å². The van der Waals surface area contributed by atoms with E-state index in [-0.39, 0.29) is 23.7 Å². The van der Waals surface area contributed by atoms with Crippen LogP contribution >= 0.6 is 38.2 Å². The fraction of sp³-hybridized carbons (Fsp3) is 0.300. The van der Waals surface area contributed by atoms with Crippen LogP contribution in [0.25, 0.3) is 0 Å². The summed E-state index contributed by atoms with van der Waals surface area (Å²) in [5, 5.41) is -1.20. The Morgan fingerprint density at radius 2 is 2.05 bits per heavy atom. The number of nitrogens with zero attached hydrogens (tertiary/aromatic N) is 1. The Hall–Kier alpha value is -0.370. The standard InChI is InChI=1S/C10H7BrCl2FNO3S/c11-6-1-2-7(10(14)9(6)12)15-4-5(3-8(15)16)19(13,17)18/h1-2,5H,3-4H2. The summed E-state index contributed by atoms with van der Waals surface area (Å²) >= 11 is 8.79. The maximum Gasteiger partial charge on any atom is 0.237 e. The number of hydrogen-bond donors (Lipinski definition) is 0. The van der Waals surface area contributed by atoms with Crippen LogP contribution < -0.4 is 4.90 Å². The van der Waals surface area contributed by atoms with Crippen molar-refractivity contribution in [2.75, 3.05) is 11.4 Å². The first kappa shape index (κ1) is 15.0. The SMILES string of the molecule is O=C1CC(S(=O)(=O)Cl)CN1c1ccc(Br)c(Cl)c1F. The number of benzene rings is 1. The number of anilines is 1. The molecule has 0 spiro atoms. The smallest absolute Gasteiger partial charge is 0.237 e. The van der Waals surface area contributed by atoms with Crippen LogP contribution in [0.1, 0.15) is 6.42 Å². The molecule has 0 bridgehead atoms. The van der Waals surface area contributed by atoms with E-state index >= 15 is 0 Å². The van der Waals surface area contributed by atoms with Crippen molar-refractivity contribution in [2.45, 2.75) is 11.7 Å². The highest BCUT2D eigenvalue weighted by molar-refractivity contribution is 9.10. The van der Waals surface area contributed by atoms with E-state index in [2.05, 4.69) is 15.9 Å². The molecule has 1 aliphatic heterocycles. The number of halogens is 4. The lowest BCUT2D eigenvalue weighted by atomic mass is 10.3. The van der Waals surface area contributed by atoms with E-state index in [1.807, 2.05) is 0 Å². The van der Waals surface area contributed by atoms with E-state index in [0.29, 0.717) is 4.47 Å². The molecule has 1 heterocycles. The van der Waals surface area contributed by atoms with Crippen molar-refractivity contribution >= 4 is 58.9 Å². The van der Waals surface area contributed by atoms with Gasteiger partial charge in [-0.25, -0.2) is 12.8 Å². The van der Waals surface area contributed by atoms with Crippen LogP contribution in [-0.2, 0) is 13.8 Å². The Morgan fingerprint density at radius 3 is 2.58 bits per heavy atom. The molecule has 9 heteroatoms. The number of carbonyl (C=O) groups excluding carboxylic acids is 1. The van der Waals surface area contributed by atoms with Gasteiger partial charge in [-0.1, -0.05) is 11.6 Å². The van der Waals surface area contributed by atoms with Gasteiger partial charge in [0.2, 0.25) is 15.0 Å². The molecule has 19 heavy (non-hydrogen) atoms. The average molecular weight is 391 g/mol. The van der Waals surface area contributed by atoms with E-state index in [1.165, 1.54) is 12.1 Å². The van der Waals surface area contributed by atoms with Crippen molar-refractivity contribution in [3.63, 3.8) is 0 Å². The van der Waals surface area contributed by atoms with Gasteiger partial charge in [-0.15, -0.1) is 0 Å². The van der Waals surface area contributed by atoms with Crippen molar-refractivity contribution in [1.29, 1.82) is 0 Å². The maximum atomic E-state index is 14.0. The second-order valence-corrected chi connectivity index (χ2v) is 8.14. The molecule has 1 aromatic carbocycles. The van der Waals surface area contributed by atoms with Crippen LogP contribution in [-0.4, -0.2) is 26.1 Å². The molecule has 1 fully saturated rings.